The molecule has 3 saturated heterocycles. The topological polar surface area (TPSA) is 35.5 Å². The number of rotatable bonds is 0. The van der Waals surface area contributed by atoms with Crippen LogP contribution in [0.2, 0.25) is 0 Å². The summed E-state index contributed by atoms with van der Waals surface area (Å²) in [6.07, 6.45) is 2.20. The Morgan fingerprint density at radius 3 is 2.92 bits per heavy atom. The highest BCUT2D eigenvalue weighted by Gasteiger charge is 2.70. The lowest BCUT2D eigenvalue weighted by Crippen LogP contribution is -2.43. The van der Waals surface area contributed by atoms with Gasteiger partial charge in [-0.05, 0) is 26.7 Å². The number of hydrogen-bond donors (Lipinski definition) is 0. The maximum Gasteiger partial charge on any atom is 0.314 e. The van der Waals surface area contributed by atoms with E-state index in [2.05, 4.69) is 6.92 Å². The standard InChI is InChI=1S/C10H14O3/c1-9-4-3-7(13-9)10(2)6(9)5-12-8(10)11/h6-7H,3-5H2,1-2H3/t6-,7+,9-,10+/m1/s1. The van der Waals surface area contributed by atoms with Crippen LogP contribution in [0.4, 0.5) is 0 Å². The third-order valence-electron chi connectivity index (χ3n) is 4.27. The lowest BCUT2D eigenvalue weighted by Gasteiger charge is -2.31. The Kier molecular flexibility index (Phi) is 1.15. The van der Waals surface area contributed by atoms with E-state index >= 15 is 0 Å². The van der Waals surface area contributed by atoms with Crippen molar-refractivity contribution < 1.29 is 14.3 Å². The van der Waals surface area contributed by atoms with Gasteiger partial charge in [0.15, 0.2) is 0 Å². The fourth-order valence-electron chi connectivity index (χ4n) is 3.34. The predicted octanol–water partition coefficient (Wildman–Crippen LogP) is 1.12. The van der Waals surface area contributed by atoms with Gasteiger partial charge < -0.3 is 9.47 Å². The first-order chi connectivity index (χ1) is 6.07. The third-order valence-corrected chi connectivity index (χ3v) is 4.27. The maximum atomic E-state index is 11.6. The Bertz CT molecular complexity index is 288. The average Bonchev–Trinajstić information content (AvgIpc) is 2.63. The van der Waals surface area contributed by atoms with Crippen LogP contribution in [0.3, 0.4) is 0 Å². The molecule has 0 N–H and O–H groups in total. The van der Waals surface area contributed by atoms with Crippen molar-refractivity contribution in [3.05, 3.63) is 0 Å². The van der Waals surface area contributed by atoms with Gasteiger partial charge in [0.2, 0.25) is 0 Å². The van der Waals surface area contributed by atoms with Crippen LogP contribution in [0.1, 0.15) is 26.7 Å². The Labute approximate surface area is 77.4 Å². The molecule has 0 aromatic carbocycles. The molecule has 3 fully saturated rings. The normalized spacial score (nSPS) is 58.2. The summed E-state index contributed by atoms with van der Waals surface area (Å²) in [6, 6.07) is 0. The van der Waals surface area contributed by atoms with Gasteiger partial charge in [0.25, 0.3) is 0 Å². The molecule has 3 rings (SSSR count). The van der Waals surface area contributed by atoms with Crippen molar-refractivity contribution in [1.29, 1.82) is 0 Å². The Morgan fingerprint density at radius 2 is 2.23 bits per heavy atom. The van der Waals surface area contributed by atoms with Gasteiger partial charge in [-0.1, -0.05) is 0 Å². The molecule has 0 aliphatic carbocycles. The molecule has 0 amide bonds. The van der Waals surface area contributed by atoms with E-state index in [1.807, 2.05) is 6.92 Å². The van der Waals surface area contributed by atoms with E-state index in [9.17, 15) is 4.79 Å². The smallest absolute Gasteiger partial charge is 0.314 e. The number of carbonyl (C=O) groups excluding carboxylic acids is 1. The number of fused-ring (bicyclic) bond motifs is 5. The maximum absolute atomic E-state index is 11.6. The Morgan fingerprint density at radius 1 is 1.46 bits per heavy atom. The highest BCUT2D eigenvalue weighted by molar-refractivity contribution is 5.80. The van der Waals surface area contributed by atoms with Crippen LogP contribution in [0.5, 0.6) is 0 Å². The molecular weight excluding hydrogens is 168 g/mol. The molecule has 0 aromatic rings. The van der Waals surface area contributed by atoms with Crippen molar-refractivity contribution in [2.24, 2.45) is 11.3 Å². The summed E-state index contributed by atoms with van der Waals surface area (Å²) < 4.78 is 11.0. The second-order valence-electron chi connectivity index (χ2n) is 4.89. The second-order valence-corrected chi connectivity index (χ2v) is 4.89. The number of ether oxygens (including phenoxy) is 2. The molecule has 0 unspecified atom stereocenters. The first-order valence-electron chi connectivity index (χ1n) is 4.92. The molecule has 0 spiro atoms. The first-order valence-corrected chi connectivity index (χ1v) is 4.92. The Balaban J connectivity index is 2.10. The van der Waals surface area contributed by atoms with Crippen molar-refractivity contribution in [3.63, 3.8) is 0 Å². The van der Waals surface area contributed by atoms with Gasteiger partial charge in [-0.25, -0.2) is 0 Å². The van der Waals surface area contributed by atoms with E-state index < -0.39 is 0 Å². The molecule has 3 aliphatic rings. The van der Waals surface area contributed by atoms with Gasteiger partial charge in [-0.2, -0.15) is 0 Å². The van der Waals surface area contributed by atoms with Crippen LogP contribution in [-0.4, -0.2) is 24.3 Å². The highest BCUT2D eigenvalue weighted by Crippen LogP contribution is 2.60. The molecule has 3 heterocycles. The van der Waals surface area contributed by atoms with Gasteiger partial charge in [0.05, 0.1) is 18.3 Å². The van der Waals surface area contributed by atoms with Gasteiger partial charge in [0.1, 0.15) is 5.41 Å². The first kappa shape index (κ1) is 7.80. The van der Waals surface area contributed by atoms with Crippen LogP contribution < -0.4 is 0 Å². The largest absolute Gasteiger partial charge is 0.465 e. The second kappa shape index (κ2) is 1.92. The lowest BCUT2D eigenvalue weighted by atomic mass is 9.65. The number of hydrogen-bond acceptors (Lipinski definition) is 3. The van der Waals surface area contributed by atoms with Gasteiger partial charge in [0, 0.05) is 5.92 Å². The van der Waals surface area contributed by atoms with Gasteiger partial charge >= 0.3 is 5.97 Å². The molecule has 72 valence electrons. The predicted molar refractivity (Wildman–Crippen MR) is 45.1 cm³/mol. The number of carbonyl (C=O) groups is 1. The van der Waals surface area contributed by atoms with Crippen molar-refractivity contribution in [2.45, 2.75) is 38.4 Å². The van der Waals surface area contributed by atoms with E-state index in [4.69, 9.17) is 9.47 Å². The third kappa shape index (κ3) is 0.654. The van der Waals surface area contributed by atoms with Crippen LogP contribution in [0.25, 0.3) is 0 Å². The Hall–Kier alpha value is -0.570. The number of esters is 1. The molecule has 3 nitrogen and oxygen atoms in total. The number of cyclic esters (lactones) is 1. The van der Waals surface area contributed by atoms with Crippen LogP contribution in [0, 0.1) is 11.3 Å². The highest BCUT2D eigenvalue weighted by atomic mass is 16.6. The zero-order valence-electron chi connectivity index (χ0n) is 8.00. The van der Waals surface area contributed by atoms with E-state index in [0.717, 1.165) is 12.8 Å². The molecule has 2 bridgehead atoms. The quantitative estimate of drug-likeness (QED) is 0.526. The van der Waals surface area contributed by atoms with Crippen LogP contribution >= 0.6 is 0 Å². The fourth-order valence-corrected chi connectivity index (χ4v) is 3.34. The van der Waals surface area contributed by atoms with E-state index in [1.54, 1.807) is 0 Å². The molecule has 3 aliphatic heterocycles. The molecule has 4 atom stereocenters. The fraction of sp³-hybridized carbons (Fsp3) is 0.900. The van der Waals surface area contributed by atoms with E-state index in [0.29, 0.717) is 6.61 Å². The summed E-state index contributed by atoms with van der Waals surface area (Å²) in [5.74, 6) is 0.233. The van der Waals surface area contributed by atoms with Crippen molar-refractivity contribution in [1.82, 2.24) is 0 Å². The summed E-state index contributed by atoms with van der Waals surface area (Å²) in [5, 5.41) is 0. The van der Waals surface area contributed by atoms with E-state index in [-0.39, 0.29) is 29.0 Å². The lowest BCUT2D eigenvalue weighted by molar-refractivity contribution is -0.149. The monoisotopic (exact) mass is 182 g/mol. The zero-order chi connectivity index (χ0) is 9.27. The molecule has 13 heavy (non-hydrogen) atoms. The molecule has 3 heteroatoms. The van der Waals surface area contributed by atoms with Crippen molar-refractivity contribution in [2.75, 3.05) is 6.61 Å². The minimum atomic E-state index is -0.340. The molecule has 0 aromatic heterocycles. The van der Waals surface area contributed by atoms with Gasteiger partial charge in [-0.3, -0.25) is 4.79 Å². The van der Waals surface area contributed by atoms with Gasteiger partial charge in [-0.15, -0.1) is 0 Å². The minimum absolute atomic E-state index is 0.0501. The summed E-state index contributed by atoms with van der Waals surface area (Å²) >= 11 is 0. The summed E-state index contributed by atoms with van der Waals surface area (Å²) in [5.41, 5.74) is -0.432. The van der Waals surface area contributed by atoms with Crippen LogP contribution in [-0.2, 0) is 14.3 Å². The summed E-state index contributed by atoms with van der Waals surface area (Å²) in [4.78, 5) is 11.6. The summed E-state index contributed by atoms with van der Waals surface area (Å²) in [7, 11) is 0. The average molecular weight is 182 g/mol. The molecular formula is C10H14O3. The zero-order valence-corrected chi connectivity index (χ0v) is 8.00. The van der Waals surface area contributed by atoms with E-state index in [1.165, 1.54) is 0 Å². The molecule has 0 saturated carbocycles. The minimum Gasteiger partial charge on any atom is -0.465 e. The van der Waals surface area contributed by atoms with Crippen LogP contribution in [0.15, 0.2) is 0 Å². The van der Waals surface area contributed by atoms with Crippen molar-refractivity contribution in [3.8, 4) is 0 Å². The molecule has 0 radical (unpaired) electrons. The summed E-state index contributed by atoms with van der Waals surface area (Å²) in [6.45, 7) is 4.68. The van der Waals surface area contributed by atoms with Crippen molar-refractivity contribution >= 4 is 5.97 Å². The SMILES string of the molecule is C[C@]12C(=O)OC[C@@H]1[C@@]1(C)CC[C@@H]2O1.